The Balaban J connectivity index is 4.54. The molecule has 0 aliphatic heterocycles. The van der Waals surface area contributed by atoms with E-state index in [0.717, 1.165) is 31.4 Å². The van der Waals surface area contributed by atoms with Crippen molar-refractivity contribution >= 4 is 0 Å². The molecule has 0 fully saturated rings. The van der Waals surface area contributed by atoms with Crippen molar-refractivity contribution in [3.05, 3.63) is 36.8 Å². The van der Waals surface area contributed by atoms with Crippen molar-refractivity contribution in [2.24, 2.45) is 16.9 Å². The summed E-state index contributed by atoms with van der Waals surface area (Å²) in [6.07, 6.45) is 3.75. The van der Waals surface area contributed by atoms with Crippen molar-refractivity contribution in [2.45, 2.75) is 52.5 Å². The number of nitrogens with two attached hydrogens (primary N) is 2. The van der Waals surface area contributed by atoms with Crippen LogP contribution in [0.15, 0.2) is 36.8 Å². The van der Waals surface area contributed by atoms with Gasteiger partial charge in [-0.15, -0.1) is 0 Å². The summed E-state index contributed by atoms with van der Waals surface area (Å²) in [6.45, 7) is 18.2. The summed E-state index contributed by atoms with van der Waals surface area (Å²) in [5, 5.41) is 3.38. The van der Waals surface area contributed by atoms with Gasteiger partial charge in [0.2, 0.25) is 0 Å². The van der Waals surface area contributed by atoms with Gasteiger partial charge in [0.15, 0.2) is 0 Å². The van der Waals surface area contributed by atoms with E-state index in [1.165, 1.54) is 0 Å². The molecule has 18 heavy (non-hydrogen) atoms. The smallest absolute Gasteiger partial charge is 0.0652 e. The fourth-order valence-corrected chi connectivity index (χ4v) is 1.86. The fourth-order valence-electron chi connectivity index (χ4n) is 1.86. The summed E-state index contributed by atoms with van der Waals surface area (Å²) < 4.78 is 0. The molecule has 0 aromatic carbocycles. The van der Waals surface area contributed by atoms with E-state index in [0.29, 0.717) is 11.4 Å². The molecule has 0 heterocycles. The Labute approximate surface area is 112 Å². The Kier molecular flexibility index (Phi) is 6.60. The van der Waals surface area contributed by atoms with Gasteiger partial charge in [-0.3, -0.25) is 0 Å². The molecule has 3 nitrogen and oxygen atoms in total. The lowest BCUT2D eigenvalue weighted by molar-refractivity contribution is 0.363. The van der Waals surface area contributed by atoms with Crippen LogP contribution in [-0.2, 0) is 0 Å². The molecule has 104 valence electrons. The molecule has 0 saturated carbocycles. The first-order valence-electron chi connectivity index (χ1n) is 6.54. The van der Waals surface area contributed by atoms with Gasteiger partial charge in [0.05, 0.1) is 6.04 Å². The average molecular weight is 251 g/mol. The van der Waals surface area contributed by atoms with E-state index in [4.69, 9.17) is 11.5 Å². The summed E-state index contributed by atoms with van der Waals surface area (Å²) in [5.41, 5.74) is 13.8. The van der Waals surface area contributed by atoms with E-state index < -0.39 is 0 Å². The molecule has 1 atom stereocenters. The maximum Gasteiger partial charge on any atom is 0.0652 e. The van der Waals surface area contributed by atoms with E-state index in [1.54, 1.807) is 0 Å². The fraction of sp³-hybridized carbons (Fsp3) is 0.600. The Morgan fingerprint density at radius 3 is 2.17 bits per heavy atom. The van der Waals surface area contributed by atoms with Gasteiger partial charge in [0, 0.05) is 22.5 Å². The lowest BCUT2D eigenvalue weighted by atomic mass is 9.84. The molecule has 0 aliphatic rings. The van der Waals surface area contributed by atoms with Crippen molar-refractivity contribution in [3.8, 4) is 0 Å². The van der Waals surface area contributed by atoms with Crippen molar-refractivity contribution in [1.29, 1.82) is 0 Å². The van der Waals surface area contributed by atoms with Gasteiger partial charge < -0.3 is 16.8 Å². The number of rotatable bonds is 9. The minimum Gasteiger partial charge on any atom is -0.403 e. The zero-order valence-electron chi connectivity index (χ0n) is 12.2. The van der Waals surface area contributed by atoms with Gasteiger partial charge in [-0.25, -0.2) is 0 Å². The molecule has 0 bridgehead atoms. The topological polar surface area (TPSA) is 64.1 Å². The van der Waals surface area contributed by atoms with E-state index in [9.17, 15) is 0 Å². The third-order valence-corrected chi connectivity index (χ3v) is 3.24. The predicted octanol–water partition coefficient (Wildman–Crippen LogP) is 3.01. The largest absolute Gasteiger partial charge is 0.403 e. The van der Waals surface area contributed by atoms with Crippen molar-refractivity contribution < 1.29 is 0 Å². The van der Waals surface area contributed by atoms with Crippen LogP contribution in [0.4, 0.5) is 0 Å². The van der Waals surface area contributed by atoms with Crippen LogP contribution < -0.4 is 16.8 Å². The second-order valence-corrected chi connectivity index (χ2v) is 5.58. The Morgan fingerprint density at radius 2 is 1.78 bits per heavy atom. The number of nitrogens with one attached hydrogen (secondary N) is 1. The molecule has 0 aromatic rings. The molecule has 3 heteroatoms. The summed E-state index contributed by atoms with van der Waals surface area (Å²) in [6, 6.07) is 0.00827. The minimum atomic E-state index is 0.00827. The van der Waals surface area contributed by atoms with Crippen LogP contribution in [0, 0.1) is 5.41 Å². The third kappa shape index (κ3) is 5.80. The molecule has 0 saturated heterocycles. The highest BCUT2D eigenvalue weighted by Crippen LogP contribution is 2.29. The van der Waals surface area contributed by atoms with E-state index in [1.807, 2.05) is 0 Å². The lowest BCUT2D eigenvalue weighted by Crippen LogP contribution is -2.37. The number of allylic oxidation sites excluding steroid dienone is 2. The van der Waals surface area contributed by atoms with Gasteiger partial charge in [0.25, 0.3) is 0 Å². The van der Waals surface area contributed by atoms with Crippen LogP contribution in [0.1, 0.15) is 46.5 Å². The van der Waals surface area contributed by atoms with E-state index >= 15 is 0 Å². The molecular formula is C15H29N3. The van der Waals surface area contributed by atoms with Crippen LogP contribution in [-0.4, -0.2) is 6.04 Å². The van der Waals surface area contributed by atoms with Crippen LogP contribution in [0.25, 0.3) is 0 Å². The highest BCUT2D eigenvalue weighted by Gasteiger charge is 2.23. The molecular weight excluding hydrogens is 222 g/mol. The molecule has 5 N–H and O–H groups in total. The predicted molar refractivity (Wildman–Crippen MR) is 80.6 cm³/mol. The highest BCUT2D eigenvalue weighted by molar-refractivity contribution is 5.12. The summed E-state index contributed by atoms with van der Waals surface area (Å²) in [7, 11) is 0. The zero-order chi connectivity index (χ0) is 14.3. The maximum atomic E-state index is 5.82. The average Bonchev–Trinajstić information content (AvgIpc) is 2.22. The molecule has 1 unspecified atom stereocenters. The first kappa shape index (κ1) is 16.6. The summed E-state index contributed by atoms with van der Waals surface area (Å²) >= 11 is 0. The molecule has 0 aromatic heterocycles. The zero-order valence-corrected chi connectivity index (χ0v) is 12.2. The SMILES string of the molecule is C=C(N)CCC(NC(=C)C(C)(C)CCC)C(=C)N. The standard InChI is InChI=1S/C15H29N3/c1-7-10-15(5,6)13(4)18-14(12(3)17)9-8-11(2)16/h14,18H,2-4,7-10,16-17H2,1,5-6H3. The van der Waals surface area contributed by atoms with Gasteiger partial charge in [-0.2, -0.15) is 0 Å². The molecule has 0 spiro atoms. The summed E-state index contributed by atoms with van der Waals surface area (Å²) in [4.78, 5) is 0. The van der Waals surface area contributed by atoms with Gasteiger partial charge >= 0.3 is 0 Å². The summed E-state index contributed by atoms with van der Waals surface area (Å²) in [5.74, 6) is 0. The first-order chi connectivity index (χ1) is 8.20. The number of hydrogen-bond acceptors (Lipinski definition) is 3. The van der Waals surface area contributed by atoms with Crippen molar-refractivity contribution in [3.63, 3.8) is 0 Å². The van der Waals surface area contributed by atoms with E-state index in [-0.39, 0.29) is 11.5 Å². The molecule has 0 amide bonds. The van der Waals surface area contributed by atoms with Gasteiger partial charge in [-0.05, 0) is 19.3 Å². The monoisotopic (exact) mass is 251 g/mol. The van der Waals surface area contributed by atoms with E-state index in [2.05, 4.69) is 45.8 Å². The Morgan fingerprint density at radius 1 is 1.22 bits per heavy atom. The third-order valence-electron chi connectivity index (χ3n) is 3.24. The first-order valence-corrected chi connectivity index (χ1v) is 6.54. The van der Waals surface area contributed by atoms with Crippen molar-refractivity contribution in [1.82, 2.24) is 5.32 Å². The molecule has 0 radical (unpaired) electrons. The second-order valence-electron chi connectivity index (χ2n) is 5.58. The van der Waals surface area contributed by atoms with Crippen LogP contribution >= 0.6 is 0 Å². The van der Waals surface area contributed by atoms with Crippen LogP contribution in [0.3, 0.4) is 0 Å². The van der Waals surface area contributed by atoms with Crippen LogP contribution in [0.2, 0.25) is 0 Å². The van der Waals surface area contributed by atoms with Crippen LogP contribution in [0.5, 0.6) is 0 Å². The van der Waals surface area contributed by atoms with Crippen molar-refractivity contribution in [2.75, 3.05) is 0 Å². The number of hydrogen-bond donors (Lipinski definition) is 3. The molecule has 0 rings (SSSR count). The minimum absolute atomic E-state index is 0.00827. The quantitative estimate of drug-likeness (QED) is 0.590. The van der Waals surface area contributed by atoms with Gasteiger partial charge in [-0.1, -0.05) is 46.9 Å². The second kappa shape index (κ2) is 7.14. The Hall–Kier alpha value is -1.38. The molecule has 0 aliphatic carbocycles. The van der Waals surface area contributed by atoms with Gasteiger partial charge in [0.1, 0.15) is 0 Å². The normalized spacial score (nSPS) is 12.8. The maximum absolute atomic E-state index is 5.82. The highest BCUT2D eigenvalue weighted by atomic mass is 15.0. The Bertz CT molecular complexity index is 316. The lowest BCUT2D eigenvalue weighted by Gasteiger charge is -2.31.